The maximum atomic E-state index is 5.90. The summed E-state index contributed by atoms with van der Waals surface area (Å²) in [6, 6.07) is 10.9. The standard InChI is InChI=1S/C27H33O9P/c1-28-16-10-19(31-4)25(20(11-16)32-5)37(26-21(33-6)12-17(29-2)13-22(26)34-7)27-23(35-8)14-18(30-3)15-24(27)36-9/h10-15H,1-9H3/p+1. The van der Waals surface area contributed by atoms with E-state index < -0.39 is 7.92 Å². The molecule has 0 aliphatic heterocycles. The van der Waals surface area contributed by atoms with Crippen molar-refractivity contribution in [3.63, 3.8) is 0 Å². The van der Waals surface area contributed by atoms with Crippen LogP contribution in [-0.2, 0) is 0 Å². The third-order valence-corrected chi connectivity index (χ3v) is 8.45. The molecule has 0 heterocycles. The van der Waals surface area contributed by atoms with E-state index in [-0.39, 0.29) is 0 Å². The first kappa shape index (κ1) is 27.9. The predicted octanol–water partition coefficient (Wildman–Crippen LogP) is 3.38. The zero-order chi connectivity index (χ0) is 27.1. The number of aliphatic hydroxyl groups is 1. The quantitative estimate of drug-likeness (QED) is 0.259. The summed E-state index contributed by atoms with van der Waals surface area (Å²) < 4.78 is 50.6. The third kappa shape index (κ3) is 5.37. The molecule has 3 aromatic carbocycles. The van der Waals surface area contributed by atoms with Crippen LogP contribution in [0.5, 0.6) is 51.7 Å². The van der Waals surface area contributed by atoms with Gasteiger partial charge in [0, 0.05) is 38.3 Å². The van der Waals surface area contributed by atoms with Crippen LogP contribution in [0.4, 0.5) is 0 Å². The summed E-state index contributed by atoms with van der Waals surface area (Å²) in [5.74, 6) is 5.26. The van der Waals surface area contributed by atoms with Crippen molar-refractivity contribution in [1.82, 2.24) is 0 Å². The Hall–Kier alpha value is -3.71. The molecule has 0 atom stereocenters. The molecule has 0 fully saturated rings. The first-order valence-corrected chi connectivity index (χ1v) is 12.5. The van der Waals surface area contributed by atoms with E-state index >= 15 is 0 Å². The fourth-order valence-corrected chi connectivity index (χ4v) is 6.93. The Labute approximate surface area is 218 Å². The lowest BCUT2D eigenvalue weighted by molar-refractivity contribution is 0.137. The topological polar surface area (TPSA) is 86.6 Å². The Morgan fingerprint density at radius 3 is 1.00 bits per heavy atom. The van der Waals surface area contributed by atoms with Gasteiger partial charge in [0.1, 0.15) is 51.3 Å². The zero-order valence-electron chi connectivity index (χ0n) is 22.6. The molecular formula is C27H34O9P+. The fraction of sp³-hybridized carbons (Fsp3) is 0.333. The van der Waals surface area contributed by atoms with Crippen LogP contribution in [0.1, 0.15) is 0 Å². The highest BCUT2D eigenvalue weighted by Gasteiger charge is 2.37. The summed E-state index contributed by atoms with van der Waals surface area (Å²) >= 11 is 0. The molecule has 0 aliphatic carbocycles. The number of benzene rings is 3. The number of methoxy groups -OCH3 is 8. The highest BCUT2D eigenvalue weighted by molar-refractivity contribution is 7.81. The van der Waals surface area contributed by atoms with Crippen LogP contribution in [0, 0.1) is 0 Å². The molecule has 0 aromatic heterocycles. The summed E-state index contributed by atoms with van der Waals surface area (Å²) in [6.45, 7) is 0. The van der Waals surface area contributed by atoms with E-state index in [0.717, 1.165) is 15.9 Å². The van der Waals surface area contributed by atoms with Crippen molar-refractivity contribution >= 4 is 23.8 Å². The smallest absolute Gasteiger partial charge is 0.270 e. The van der Waals surface area contributed by atoms with Crippen LogP contribution in [0.15, 0.2) is 36.4 Å². The Kier molecular flexibility index (Phi) is 9.42. The predicted molar refractivity (Wildman–Crippen MR) is 145 cm³/mol. The monoisotopic (exact) mass is 533 g/mol. The molecule has 0 saturated carbocycles. The highest BCUT2D eigenvalue weighted by atomic mass is 31.1. The van der Waals surface area contributed by atoms with Crippen molar-refractivity contribution in [1.29, 1.82) is 0 Å². The Morgan fingerprint density at radius 1 is 0.432 bits per heavy atom. The molecule has 9 nitrogen and oxygen atoms in total. The van der Waals surface area contributed by atoms with Crippen LogP contribution < -0.4 is 53.8 Å². The largest absolute Gasteiger partial charge is 0.584 e. The lowest BCUT2D eigenvalue weighted by Gasteiger charge is -2.28. The molecule has 10 heteroatoms. The van der Waals surface area contributed by atoms with Crippen LogP contribution in [0.2, 0.25) is 0 Å². The summed E-state index contributed by atoms with van der Waals surface area (Å²) in [7, 11) is 13.0. The second kappa shape index (κ2) is 12.5. The normalized spacial score (nSPS) is 10.5. The maximum Gasteiger partial charge on any atom is 0.270 e. The number of hydrogen-bond donors (Lipinski definition) is 0. The van der Waals surface area contributed by atoms with Crippen LogP contribution in [-0.4, -0.2) is 68.7 Å². The van der Waals surface area contributed by atoms with Gasteiger partial charge >= 0.3 is 0 Å². The lowest BCUT2D eigenvalue weighted by atomic mass is 10.3. The Morgan fingerprint density at radius 2 is 0.730 bits per heavy atom. The Bertz CT molecular complexity index is 1000. The van der Waals surface area contributed by atoms with Crippen LogP contribution >= 0.6 is 7.92 Å². The molecule has 0 aliphatic rings. The minimum absolute atomic E-state index is 0.558. The second-order valence-electron chi connectivity index (χ2n) is 7.52. The molecule has 0 spiro atoms. The Balaban J connectivity index is 2.59. The van der Waals surface area contributed by atoms with E-state index in [4.69, 9.17) is 37.9 Å². The van der Waals surface area contributed by atoms with E-state index in [1.54, 1.807) is 64.0 Å². The van der Waals surface area contributed by atoms with Gasteiger partial charge in [0.05, 0.1) is 73.6 Å². The average Bonchev–Trinajstić information content (AvgIpc) is 2.96. The molecule has 3 aromatic rings. The second-order valence-corrected chi connectivity index (χ2v) is 9.53. The van der Waals surface area contributed by atoms with Crippen molar-refractivity contribution in [2.24, 2.45) is 0 Å². The number of rotatable bonds is 12. The van der Waals surface area contributed by atoms with Crippen LogP contribution in [0.25, 0.3) is 0 Å². The maximum absolute atomic E-state index is 5.90. The van der Waals surface area contributed by atoms with Gasteiger partial charge in [-0.15, -0.1) is 0 Å². The van der Waals surface area contributed by atoms with Gasteiger partial charge in [0.15, 0.2) is 7.11 Å². The van der Waals surface area contributed by atoms with Gasteiger partial charge in [-0.05, 0) is 0 Å². The van der Waals surface area contributed by atoms with Gasteiger partial charge in [-0.1, -0.05) is 0 Å². The summed E-state index contributed by atoms with van der Waals surface area (Å²) in [4.78, 5) is 0. The summed E-state index contributed by atoms with van der Waals surface area (Å²) in [6.07, 6.45) is 0. The van der Waals surface area contributed by atoms with Gasteiger partial charge in [-0.25, -0.2) is 0 Å². The molecule has 200 valence electrons. The molecule has 0 unspecified atom stereocenters. The van der Waals surface area contributed by atoms with Crippen molar-refractivity contribution in [2.75, 3.05) is 64.0 Å². The van der Waals surface area contributed by atoms with Crippen molar-refractivity contribution in [2.45, 2.75) is 0 Å². The molecule has 0 saturated heterocycles. The molecule has 1 N–H and O–H groups in total. The fourth-order valence-electron chi connectivity index (χ4n) is 3.99. The number of hydrogen-bond acceptors (Lipinski definition) is 8. The van der Waals surface area contributed by atoms with E-state index in [1.165, 1.54) is 0 Å². The van der Waals surface area contributed by atoms with Crippen molar-refractivity contribution in [3.05, 3.63) is 36.4 Å². The minimum atomic E-state index is -1.54. The van der Waals surface area contributed by atoms with E-state index in [2.05, 4.69) is 4.74 Å². The third-order valence-electron chi connectivity index (χ3n) is 5.77. The van der Waals surface area contributed by atoms with E-state index in [1.807, 2.05) is 36.4 Å². The molecule has 0 amide bonds. The van der Waals surface area contributed by atoms with E-state index in [9.17, 15) is 0 Å². The van der Waals surface area contributed by atoms with Gasteiger partial charge in [-0.2, -0.15) is 0 Å². The van der Waals surface area contributed by atoms with Gasteiger partial charge in [0.25, 0.3) is 5.75 Å². The zero-order valence-corrected chi connectivity index (χ0v) is 23.5. The molecule has 3 rings (SSSR count). The molecule has 0 bridgehead atoms. The van der Waals surface area contributed by atoms with Crippen molar-refractivity contribution in [3.8, 4) is 51.7 Å². The lowest BCUT2D eigenvalue weighted by Crippen LogP contribution is -2.27. The van der Waals surface area contributed by atoms with Gasteiger partial charge in [-0.3, -0.25) is 0 Å². The van der Waals surface area contributed by atoms with Gasteiger partial charge in [0.2, 0.25) is 0 Å². The summed E-state index contributed by atoms with van der Waals surface area (Å²) in [5.41, 5.74) is 0. The number of aromatic hydroxyl groups is 1. The molecule has 0 radical (unpaired) electrons. The molecule has 37 heavy (non-hydrogen) atoms. The van der Waals surface area contributed by atoms with Crippen LogP contribution in [0.3, 0.4) is 0 Å². The summed E-state index contributed by atoms with van der Waals surface area (Å²) in [5, 5.41) is 2.32. The van der Waals surface area contributed by atoms with E-state index in [0.29, 0.717) is 51.7 Å². The number of ether oxygens (including phenoxy) is 9. The van der Waals surface area contributed by atoms with Crippen molar-refractivity contribution < 1.29 is 42.6 Å². The first-order valence-electron chi connectivity index (χ1n) is 11.2. The minimum Gasteiger partial charge on any atom is -0.584 e. The SMILES string of the molecule is COc1cc(OC)c(P(c2c(OC)cc(OC)cc2OC)c2c(OC)cc(OC)cc2[OH+]C)c(OC)c1. The molecular weight excluding hydrogens is 499 g/mol. The van der Waals surface area contributed by atoms with Gasteiger partial charge < -0.3 is 42.6 Å². The average molecular weight is 534 g/mol. The first-order chi connectivity index (χ1) is 17.9. The highest BCUT2D eigenvalue weighted by Crippen LogP contribution is 2.51.